The molecule has 0 fully saturated rings. The molecule has 1 amide bonds. The molecular formula is C22H21F3N6O2. The molecule has 2 heterocycles. The van der Waals surface area contributed by atoms with Crippen LogP contribution in [0.1, 0.15) is 39.7 Å². The maximum absolute atomic E-state index is 12.7. The molecular weight excluding hydrogens is 437 g/mol. The third-order valence-corrected chi connectivity index (χ3v) is 4.78. The molecule has 0 aliphatic carbocycles. The normalized spacial score (nSPS) is 12.7. The summed E-state index contributed by atoms with van der Waals surface area (Å²) in [6.45, 7) is 1.79. The fourth-order valence-electron chi connectivity index (χ4n) is 2.96. The molecule has 0 aliphatic rings. The van der Waals surface area contributed by atoms with Crippen LogP contribution in [0.4, 0.5) is 13.2 Å². The van der Waals surface area contributed by atoms with Crippen molar-refractivity contribution in [3.8, 4) is 5.88 Å². The van der Waals surface area contributed by atoms with Gasteiger partial charge in [0.25, 0.3) is 0 Å². The smallest absolute Gasteiger partial charge is 0.417 e. The van der Waals surface area contributed by atoms with Crippen molar-refractivity contribution >= 4 is 17.5 Å². The minimum Gasteiger partial charge on any atom is -0.471 e. The summed E-state index contributed by atoms with van der Waals surface area (Å²) in [6, 6.07) is 8.65. The summed E-state index contributed by atoms with van der Waals surface area (Å²) in [5.74, 6) is -0.0440. The second-order valence-corrected chi connectivity index (χ2v) is 6.99. The highest BCUT2D eigenvalue weighted by Crippen LogP contribution is 2.29. The van der Waals surface area contributed by atoms with Crippen LogP contribution in [-0.4, -0.2) is 39.3 Å². The molecule has 172 valence electrons. The lowest BCUT2D eigenvalue weighted by atomic mass is 10.1. The predicted octanol–water partition coefficient (Wildman–Crippen LogP) is 3.40. The standard InChI is InChI=1S/C22H21F3N6O2/c1-13(30-21(27-2)15-6-4-14(5-7-15)20(26)32)17-11-29-31(3)18(17)12-33-19-9-8-16(10-28-19)22(23,24)25/h4-11H,12H2,1-3H3,(H2,26,32)/b27-21-,30-13+. The number of halogens is 3. The number of primary amides is 1. The minimum atomic E-state index is -4.47. The number of alkyl halides is 3. The van der Waals surface area contributed by atoms with Gasteiger partial charge in [-0.05, 0) is 25.1 Å². The van der Waals surface area contributed by atoms with Crippen molar-refractivity contribution in [3.05, 3.63) is 76.7 Å². The molecule has 0 aliphatic heterocycles. The Bertz CT molecular complexity index is 1200. The second-order valence-electron chi connectivity index (χ2n) is 6.99. The van der Waals surface area contributed by atoms with E-state index in [0.717, 1.165) is 18.3 Å². The lowest BCUT2D eigenvalue weighted by molar-refractivity contribution is -0.137. The van der Waals surface area contributed by atoms with Gasteiger partial charge in [0.15, 0.2) is 5.84 Å². The molecule has 8 nitrogen and oxygen atoms in total. The van der Waals surface area contributed by atoms with Gasteiger partial charge >= 0.3 is 6.18 Å². The number of amidine groups is 1. The number of aromatic nitrogens is 3. The van der Waals surface area contributed by atoms with Crippen molar-refractivity contribution in [1.29, 1.82) is 0 Å². The van der Waals surface area contributed by atoms with Crippen LogP contribution in [0.3, 0.4) is 0 Å². The number of aryl methyl sites for hydroxylation is 1. The first-order chi connectivity index (χ1) is 15.6. The molecule has 0 spiro atoms. The number of nitrogens with zero attached hydrogens (tertiary/aromatic N) is 5. The van der Waals surface area contributed by atoms with E-state index < -0.39 is 17.6 Å². The topological polar surface area (TPSA) is 108 Å². The number of carbonyl (C=O) groups excluding carboxylic acids is 1. The van der Waals surface area contributed by atoms with Crippen molar-refractivity contribution in [3.63, 3.8) is 0 Å². The average Bonchev–Trinajstić information content (AvgIpc) is 3.16. The Kier molecular flexibility index (Phi) is 6.90. The third-order valence-electron chi connectivity index (χ3n) is 4.78. The van der Waals surface area contributed by atoms with E-state index in [0.29, 0.717) is 33.9 Å². The number of amides is 1. The van der Waals surface area contributed by atoms with E-state index >= 15 is 0 Å². The largest absolute Gasteiger partial charge is 0.471 e. The zero-order valence-electron chi connectivity index (χ0n) is 18.1. The molecule has 1 aromatic carbocycles. The van der Waals surface area contributed by atoms with Crippen molar-refractivity contribution in [1.82, 2.24) is 14.8 Å². The third kappa shape index (κ3) is 5.62. The summed E-state index contributed by atoms with van der Waals surface area (Å²) in [6.07, 6.45) is -2.13. The summed E-state index contributed by atoms with van der Waals surface area (Å²) < 4.78 is 45.3. The molecule has 0 radical (unpaired) electrons. The van der Waals surface area contributed by atoms with E-state index in [1.807, 2.05) is 0 Å². The Balaban J connectivity index is 1.80. The van der Waals surface area contributed by atoms with Crippen LogP contribution in [0.15, 0.2) is 58.8 Å². The van der Waals surface area contributed by atoms with E-state index in [1.54, 1.807) is 56.2 Å². The highest BCUT2D eigenvalue weighted by atomic mass is 19.4. The summed E-state index contributed by atoms with van der Waals surface area (Å²) in [4.78, 5) is 23.8. The van der Waals surface area contributed by atoms with Crippen LogP contribution in [0.25, 0.3) is 0 Å². The van der Waals surface area contributed by atoms with E-state index in [9.17, 15) is 18.0 Å². The predicted molar refractivity (Wildman–Crippen MR) is 116 cm³/mol. The zero-order valence-corrected chi connectivity index (χ0v) is 18.1. The number of aliphatic imine (C=N–C) groups is 2. The van der Waals surface area contributed by atoms with Gasteiger partial charge in [-0.2, -0.15) is 18.3 Å². The molecule has 0 saturated heterocycles. The summed E-state index contributed by atoms with van der Waals surface area (Å²) >= 11 is 0. The van der Waals surface area contributed by atoms with Gasteiger partial charge in [0, 0.05) is 43.0 Å². The van der Waals surface area contributed by atoms with E-state index in [1.165, 1.54) is 0 Å². The van der Waals surface area contributed by atoms with Crippen molar-refractivity contribution in [2.24, 2.45) is 22.8 Å². The maximum Gasteiger partial charge on any atom is 0.417 e. The summed E-state index contributed by atoms with van der Waals surface area (Å²) in [5.41, 5.74) is 7.42. The Morgan fingerprint density at radius 3 is 2.33 bits per heavy atom. The van der Waals surface area contributed by atoms with Crippen LogP contribution < -0.4 is 10.5 Å². The first-order valence-corrected chi connectivity index (χ1v) is 9.69. The van der Waals surface area contributed by atoms with Gasteiger partial charge in [0.2, 0.25) is 11.8 Å². The highest BCUT2D eigenvalue weighted by molar-refractivity contribution is 6.12. The quantitative estimate of drug-likeness (QED) is 0.451. The first-order valence-electron chi connectivity index (χ1n) is 9.69. The fourth-order valence-corrected chi connectivity index (χ4v) is 2.96. The average molecular weight is 458 g/mol. The van der Waals surface area contributed by atoms with Gasteiger partial charge < -0.3 is 10.5 Å². The summed E-state index contributed by atoms with van der Waals surface area (Å²) in [7, 11) is 3.31. The van der Waals surface area contributed by atoms with Gasteiger partial charge in [0.1, 0.15) is 6.61 Å². The Morgan fingerprint density at radius 1 is 1.12 bits per heavy atom. The van der Waals surface area contributed by atoms with Gasteiger partial charge in [0.05, 0.1) is 23.2 Å². The lowest BCUT2D eigenvalue weighted by Gasteiger charge is -2.10. The van der Waals surface area contributed by atoms with E-state index in [4.69, 9.17) is 10.5 Å². The molecule has 0 atom stereocenters. The van der Waals surface area contributed by atoms with Crippen LogP contribution in [0, 0.1) is 0 Å². The molecule has 3 rings (SSSR count). The van der Waals surface area contributed by atoms with Gasteiger partial charge in [-0.15, -0.1) is 0 Å². The van der Waals surface area contributed by atoms with Crippen LogP contribution in [-0.2, 0) is 19.8 Å². The fraction of sp³-hybridized carbons (Fsp3) is 0.227. The number of hydrogen-bond acceptors (Lipinski definition) is 5. The monoisotopic (exact) mass is 458 g/mol. The van der Waals surface area contributed by atoms with Crippen molar-refractivity contribution < 1.29 is 22.7 Å². The van der Waals surface area contributed by atoms with Crippen molar-refractivity contribution in [2.45, 2.75) is 19.7 Å². The SMILES string of the molecule is C/N=C(\N=C(/C)c1cnn(C)c1COc1ccc(C(F)(F)F)cn1)c1ccc(C(N)=O)cc1. The first kappa shape index (κ1) is 23.6. The molecule has 11 heteroatoms. The molecule has 0 bridgehead atoms. The minimum absolute atomic E-state index is 0.0168. The number of hydrogen-bond donors (Lipinski definition) is 1. The number of rotatable bonds is 6. The van der Waals surface area contributed by atoms with Crippen LogP contribution in [0.2, 0.25) is 0 Å². The number of pyridine rings is 1. The molecule has 2 aromatic heterocycles. The van der Waals surface area contributed by atoms with E-state index in [-0.39, 0.29) is 12.5 Å². The zero-order chi connectivity index (χ0) is 24.2. The molecule has 33 heavy (non-hydrogen) atoms. The summed E-state index contributed by atoms with van der Waals surface area (Å²) in [5, 5.41) is 4.23. The van der Waals surface area contributed by atoms with Crippen LogP contribution in [0.5, 0.6) is 5.88 Å². The number of ether oxygens (including phenoxy) is 1. The Labute approximate surface area is 187 Å². The molecule has 0 saturated carbocycles. The van der Waals surface area contributed by atoms with Crippen molar-refractivity contribution in [2.75, 3.05) is 7.05 Å². The maximum atomic E-state index is 12.7. The molecule has 2 N–H and O–H groups in total. The number of benzene rings is 1. The molecule has 3 aromatic rings. The second kappa shape index (κ2) is 9.63. The Morgan fingerprint density at radius 2 is 1.79 bits per heavy atom. The van der Waals surface area contributed by atoms with E-state index in [2.05, 4.69) is 20.1 Å². The number of nitrogens with two attached hydrogens (primary N) is 1. The molecule has 0 unspecified atom stereocenters. The number of carbonyl (C=O) groups is 1. The van der Waals surface area contributed by atoms with Gasteiger partial charge in [-0.3, -0.25) is 14.5 Å². The highest BCUT2D eigenvalue weighted by Gasteiger charge is 2.30. The lowest BCUT2D eigenvalue weighted by Crippen LogP contribution is -2.12. The van der Waals surface area contributed by atoms with Gasteiger partial charge in [-0.25, -0.2) is 9.98 Å². The Hall–Kier alpha value is -4.02. The van der Waals surface area contributed by atoms with Gasteiger partial charge in [-0.1, -0.05) is 12.1 Å². The van der Waals surface area contributed by atoms with Crippen LogP contribution >= 0.6 is 0 Å².